The van der Waals surface area contributed by atoms with Crippen LogP contribution in [0.2, 0.25) is 0 Å². The molecule has 0 atom stereocenters. The van der Waals surface area contributed by atoms with Crippen molar-refractivity contribution in [3.63, 3.8) is 0 Å². The summed E-state index contributed by atoms with van der Waals surface area (Å²) < 4.78 is 4.98. The van der Waals surface area contributed by atoms with Crippen LogP contribution in [-0.4, -0.2) is 17.1 Å². The minimum atomic E-state index is 0.609. The van der Waals surface area contributed by atoms with Gasteiger partial charge in [0.25, 0.3) is 0 Å². The van der Waals surface area contributed by atoms with Crippen LogP contribution in [-0.2, 0) is 11.2 Å². The van der Waals surface area contributed by atoms with E-state index in [1.165, 1.54) is 0 Å². The van der Waals surface area contributed by atoms with Gasteiger partial charge in [0, 0.05) is 18.0 Å². The van der Waals surface area contributed by atoms with Gasteiger partial charge in [-0.15, -0.1) is 0 Å². The Kier molecular flexibility index (Phi) is 2.92. The average molecular weight is 217 g/mol. The van der Waals surface area contributed by atoms with Crippen LogP contribution in [0.4, 0.5) is 0 Å². The highest BCUT2D eigenvalue weighted by Gasteiger charge is 2.00. The topological polar surface area (TPSA) is 22.1 Å². The van der Waals surface area contributed by atoms with E-state index in [-0.39, 0.29) is 0 Å². The Morgan fingerprint density at radius 1 is 1.40 bits per heavy atom. The number of fused-ring (bicyclic) bond motifs is 1. The molecule has 0 amide bonds. The summed E-state index contributed by atoms with van der Waals surface area (Å²) in [5, 5.41) is 1.74. The number of hydrogen-bond donors (Lipinski definition) is 0. The summed E-state index contributed by atoms with van der Waals surface area (Å²) in [5.74, 6) is 0. The fourth-order valence-corrected chi connectivity index (χ4v) is 1.64. The Balaban J connectivity index is 2.34. The zero-order chi connectivity index (χ0) is 10.7. The number of ether oxygens (including phenoxy) is 1. The first-order valence-corrected chi connectivity index (χ1v) is 5.11. The highest BCUT2D eigenvalue weighted by Crippen LogP contribution is 2.14. The van der Waals surface area contributed by atoms with Crippen molar-refractivity contribution >= 4 is 28.2 Å². The molecule has 15 heavy (non-hydrogen) atoms. The van der Waals surface area contributed by atoms with Crippen molar-refractivity contribution in [2.75, 3.05) is 7.11 Å². The quantitative estimate of drug-likeness (QED) is 0.722. The molecule has 0 radical (unpaired) electrons. The van der Waals surface area contributed by atoms with E-state index in [0.717, 1.165) is 16.5 Å². The predicted octanol–water partition coefficient (Wildman–Crippen LogP) is 2.75. The maximum absolute atomic E-state index is 5.02. The molecular formula is C12H11NOS. The molecule has 0 spiro atoms. The van der Waals surface area contributed by atoms with Gasteiger partial charge in [-0.25, -0.2) is 0 Å². The second-order valence-electron chi connectivity index (χ2n) is 3.28. The molecule has 2 nitrogen and oxygen atoms in total. The third kappa shape index (κ3) is 2.30. The number of pyridine rings is 1. The lowest BCUT2D eigenvalue weighted by Crippen LogP contribution is -2.01. The third-order valence-corrected chi connectivity index (χ3v) is 2.55. The number of benzene rings is 1. The SMILES string of the molecule is COC(=S)Cc1ccc2ncccc2c1. The number of rotatable bonds is 2. The molecule has 3 heteroatoms. The Bertz CT molecular complexity index is 496. The molecule has 0 aliphatic heterocycles. The Morgan fingerprint density at radius 3 is 3.07 bits per heavy atom. The monoisotopic (exact) mass is 217 g/mol. The smallest absolute Gasteiger partial charge is 0.163 e. The molecule has 2 rings (SSSR count). The van der Waals surface area contributed by atoms with E-state index in [2.05, 4.69) is 11.1 Å². The molecular weight excluding hydrogens is 206 g/mol. The van der Waals surface area contributed by atoms with E-state index in [1.807, 2.05) is 24.3 Å². The summed E-state index contributed by atoms with van der Waals surface area (Å²) >= 11 is 5.02. The van der Waals surface area contributed by atoms with Gasteiger partial charge in [0.15, 0.2) is 5.05 Å². The second kappa shape index (κ2) is 4.36. The lowest BCUT2D eigenvalue weighted by atomic mass is 10.1. The normalized spacial score (nSPS) is 10.2. The highest BCUT2D eigenvalue weighted by atomic mass is 32.1. The van der Waals surface area contributed by atoms with Gasteiger partial charge >= 0.3 is 0 Å². The molecule has 1 heterocycles. The van der Waals surface area contributed by atoms with Gasteiger partial charge < -0.3 is 4.74 Å². The minimum absolute atomic E-state index is 0.609. The average Bonchev–Trinajstić information content (AvgIpc) is 2.29. The number of methoxy groups -OCH3 is 1. The summed E-state index contributed by atoms with van der Waals surface area (Å²) in [5.41, 5.74) is 2.16. The van der Waals surface area contributed by atoms with Crippen LogP contribution in [0.25, 0.3) is 10.9 Å². The molecule has 76 valence electrons. The van der Waals surface area contributed by atoms with Crippen molar-refractivity contribution in [1.29, 1.82) is 0 Å². The van der Waals surface area contributed by atoms with Crippen LogP contribution in [0.5, 0.6) is 0 Å². The molecule has 0 saturated carbocycles. The first-order valence-electron chi connectivity index (χ1n) is 4.70. The second-order valence-corrected chi connectivity index (χ2v) is 3.74. The van der Waals surface area contributed by atoms with Crippen molar-refractivity contribution in [2.24, 2.45) is 0 Å². The summed E-state index contributed by atoms with van der Waals surface area (Å²) in [6.45, 7) is 0. The van der Waals surface area contributed by atoms with Crippen molar-refractivity contribution < 1.29 is 4.74 Å². The molecule has 0 unspecified atom stereocenters. The first kappa shape index (κ1) is 10.1. The fraction of sp³-hybridized carbons (Fsp3) is 0.167. The largest absolute Gasteiger partial charge is 0.490 e. The van der Waals surface area contributed by atoms with Crippen molar-refractivity contribution in [1.82, 2.24) is 4.98 Å². The third-order valence-electron chi connectivity index (χ3n) is 2.24. The zero-order valence-electron chi connectivity index (χ0n) is 8.43. The summed E-state index contributed by atoms with van der Waals surface area (Å²) in [4.78, 5) is 4.26. The molecule has 0 bridgehead atoms. The number of aromatic nitrogens is 1. The van der Waals surface area contributed by atoms with Gasteiger partial charge in [0.05, 0.1) is 12.6 Å². The Labute approximate surface area is 93.9 Å². The molecule has 2 aromatic rings. The molecule has 1 aromatic carbocycles. The minimum Gasteiger partial charge on any atom is -0.490 e. The highest BCUT2D eigenvalue weighted by molar-refractivity contribution is 7.80. The number of thiocarbonyl (C=S) groups is 1. The van der Waals surface area contributed by atoms with Crippen molar-refractivity contribution in [2.45, 2.75) is 6.42 Å². The molecule has 0 aliphatic carbocycles. The van der Waals surface area contributed by atoms with E-state index in [0.29, 0.717) is 11.5 Å². The van der Waals surface area contributed by atoms with Gasteiger partial charge in [-0.1, -0.05) is 12.1 Å². The molecule has 0 N–H and O–H groups in total. The predicted molar refractivity (Wildman–Crippen MR) is 65.1 cm³/mol. The van der Waals surface area contributed by atoms with Crippen LogP contribution in [0, 0.1) is 0 Å². The van der Waals surface area contributed by atoms with E-state index in [1.54, 1.807) is 13.3 Å². The standard InChI is InChI=1S/C12H11NOS/c1-14-12(15)8-9-4-5-11-10(7-9)3-2-6-13-11/h2-7H,8H2,1H3. The van der Waals surface area contributed by atoms with E-state index >= 15 is 0 Å². The maximum Gasteiger partial charge on any atom is 0.163 e. The summed E-state index contributed by atoms with van der Waals surface area (Å²) in [6, 6.07) is 10.1. The van der Waals surface area contributed by atoms with E-state index < -0.39 is 0 Å². The lowest BCUT2D eigenvalue weighted by molar-refractivity contribution is 0.406. The Hall–Kier alpha value is -1.48. The number of hydrogen-bond acceptors (Lipinski definition) is 3. The number of nitrogens with zero attached hydrogens (tertiary/aromatic N) is 1. The first-order chi connectivity index (χ1) is 7.29. The van der Waals surface area contributed by atoms with Crippen LogP contribution in [0.3, 0.4) is 0 Å². The van der Waals surface area contributed by atoms with E-state index in [9.17, 15) is 0 Å². The fourth-order valence-electron chi connectivity index (χ4n) is 1.47. The maximum atomic E-state index is 5.02. The summed E-state index contributed by atoms with van der Waals surface area (Å²) in [7, 11) is 1.60. The van der Waals surface area contributed by atoms with E-state index in [4.69, 9.17) is 17.0 Å². The van der Waals surface area contributed by atoms with Crippen LogP contribution < -0.4 is 0 Å². The van der Waals surface area contributed by atoms with Crippen LogP contribution >= 0.6 is 12.2 Å². The molecule has 1 aromatic heterocycles. The molecule has 0 saturated heterocycles. The van der Waals surface area contributed by atoms with Crippen LogP contribution in [0.1, 0.15) is 5.56 Å². The van der Waals surface area contributed by atoms with Crippen molar-refractivity contribution in [3.05, 3.63) is 42.1 Å². The van der Waals surface area contributed by atoms with Gasteiger partial charge in [-0.3, -0.25) is 4.98 Å². The van der Waals surface area contributed by atoms with Crippen LogP contribution in [0.15, 0.2) is 36.5 Å². The zero-order valence-corrected chi connectivity index (χ0v) is 9.25. The molecule has 0 fully saturated rings. The summed E-state index contributed by atoms with van der Waals surface area (Å²) in [6.07, 6.45) is 2.47. The lowest BCUT2D eigenvalue weighted by Gasteiger charge is -2.03. The van der Waals surface area contributed by atoms with Gasteiger partial charge in [0.1, 0.15) is 0 Å². The van der Waals surface area contributed by atoms with Crippen molar-refractivity contribution in [3.8, 4) is 0 Å². The van der Waals surface area contributed by atoms with Gasteiger partial charge in [-0.2, -0.15) is 0 Å². The molecule has 0 aliphatic rings. The van der Waals surface area contributed by atoms with Gasteiger partial charge in [0.2, 0.25) is 0 Å². The van der Waals surface area contributed by atoms with Gasteiger partial charge in [-0.05, 0) is 36.0 Å². The Morgan fingerprint density at radius 2 is 2.27 bits per heavy atom.